The van der Waals surface area contributed by atoms with Crippen molar-refractivity contribution < 1.29 is 18.7 Å². The lowest BCUT2D eigenvalue weighted by Gasteiger charge is -2.21. The van der Waals surface area contributed by atoms with Crippen LogP contribution in [0.25, 0.3) is 0 Å². The first-order chi connectivity index (χ1) is 14.5. The van der Waals surface area contributed by atoms with E-state index in [1.165, 1.54) is 18.2 Å². The largest absolute Gasteiger partial charge is 0.392 e. The Morgan fingerprint density at radius 1 is 1.03 bits per heavy atom. The van der Waals surface area contributed by atoms with E-state index in [0.717, 1.165) is 5.56 Å². The van der Waals surface area contributed by atoms with Gasteiger partial charge in [0.05, 0.1) is 24.3 Å². The smallest absolute Gasteiger partial charge is 0.228 e. The molecule has 6 heteroatoms. The summed E-state index contributed by atoms with van der Waals surface area (Å²) in [5.74, 6) is -1.95. The molecule has 0 aliphatic carbocycles. The zero-order valence-electron chi connectivity index (χ0n) is 18.9. The number of hydrogen-bond acceptors (Lipinski definition) is 3. The standard InChI is InChI=1S/C25H30F2N2O2/c1-13(2)18-9-21(26)22(8-17(18)12-30)29-23(31)10-20-19(14(3)4)7-16(11-28)25(27)24(20)15(5)6/h7-9,13-15,30H,10,12H2,1-6H3,(H,29,31). The number of amides is 1. The second-order valence-electron chi connectivity index (χ2n) is 8.71. The quantitative estimate of drug-likeness (QED) is 0.578. The number of anilines is 1. The Balaban J connectivity index is 2.47. The van der Waals surface area contributed by atoms with Crippen molar-refractivity contribution in [2.24, 2.45) is 0 Å². The van der Waals surface area contributed by atoms with Gasteiger partial charge in [-0.2, -0.15) is 5.26 Å². The number of halogens is 2. The van der Waals surface area contributed by atoms with Crippen LogP contribution in [0.3, 0.4) is 0 Å². The number of carbonyl (C=O) groups excluding carboxylic acids is 1. The van der Waals surface area contributed by atoms with Gasteiger partial charge in [0.2, 0.25) is 5.91 Å². The molecule has 0 saturated heterocycles. The molecule has 0 bridgehead atoms. The predicted molar refractivity (Wildman–Crippen MR) is 118 cm³/mol. The number of nitriles is 1. The van der Waals surface area contributed by atoms with Gasteiger partial charge in [-0.1, -0.05) is 41.5 Å². The number of nitrogens with one attached hydrogen (secondary N) is 1. The Morgan fingerprint density at radius 2 is 1.65 bits per heavy atom. The molecule has 2 N–H and O–H groups in total. The Bertz CT molecular complexity index is 1020. The maximum absolute atomic E-state index is 14.9. The lowest BCUT2D eigenvalue weighted by molar-refractivity contribution is -0.115. The summed E-state index contributed by atoms with van der Waals surface area (Å²) < 4.78 is 29.6. The van der Waals surface area contributed by atoms with E-state index in [4.69, 9.17) is 0 Å². The van der Waals surface area contributed by atoms with Crippen molar-refractivity contribution in [2.75, 3.05) is 5.32 Å². The van der Waals surface area contributed by atoms with Crippen LogP contribution in [-0.2, 0) is 17.8 Å². The predicted octanol–water partition coefficient (Wildman–Crippen LogP) is 5.88. The van der Waals surface area contributed by atoms with E-state index in [9.17, 15) is 23.9 Å². The first kappa shape index (κ1) is 24.5. The highest BCUT2D eigenvalue weighted by atomic mass is 19.1. The SMILES string of the molecule is CC(C)c1cc(F)c(NC(=O)Cc2c(C(C)C)cc(C#N)c(F)c2C(C)C)cc1CO. The molecule has 0 unspecified atom stereocenters. The van der Waals surface area contributed by atoms with Gasteiger partial charge >= 0.3 is 0 Å². The van der Waals surface area contributed by atoms with Crippen molar-refractivity contribution in [3.05, 3.63) is 63.2 Å². The number of aliphatic hydroxyl groups is 1. The van der Waals surface area contributed by atoms with Crippen LogP contribution in [0.15, 0.2) is 18.2 Å². The maximum Gasteiger partial charge on any atom is 0.228 e. The van der Waals surface area contributed by atoms with Crippen LogP contribution in [0, 0.1) is 23.0 Å². The second kappa shape index (κ2) is 10.0. The van der Waals surface area contributed by atoms with Crippen molar-refractivity contribution in [2.45, 2.75) is 72.3 Å². The molecule has 0 aromatic heterocycles. The van der Waals surface area contributed by atoms with Gasteiger partial charge in [0.25, 0.3) is 0 Å². The molecule has 0 heterocycles. The van der Waals surface area contributed by atoms with E-state index in [2.05, 4.69) is 5.32 Å². The van der Waals surface area contributed by atoms with Gasteiger partial charge < -0.3 is 10.4 Å². The number of aliphatic hydroxyl groups excluding tert-OH is 1. The molecule has 0 aliphatic heterocycles. The average Bonchev–Trinajstić information content (AvgIpc) is 2.68. The van der Waals surface area contributed by atoms with Crippen LogP contribution in [0.1, 0.15) is 92.7 Å². The third kappa shape index (κ3) is 5.29. The number of nitrogens with zero attached hydrogens (tertiary/aromatic N) is 1. The molecule has 0 fully saturated rings. The fourth-order valence-corrected chi connectivity index (χ4v) is 3.89. The molecule has 31 heavy (non-hydrogen) atoms. The van der Waals surface area contributed by atoms with Crippen LogP contribution in [0.5, 0.6) is 0 Å². The lowest BCUT2D eigenvalue weighted by Crippen LogP contribution is -2.20. The van der Waals surface area contributed by atoms with Crippen molar-refractivity contribution in [1.29, 1.82) is 5.26 Å². The first-order valence-electron chi connectivity index (χ1n) is 10.5. The highest BCUT2D eigenvalue weighted by molar-refractivity contribution is 5.93. The molecular formula is C25H30F2N2O2. The van der Waals surface area contributed by atoms with Gasteiger partial charge in [-0.25, -0.2) is 8.78 Å². The fourth-order valence-electron chi connectivity index (χ4n) is 3.89. The number of hydrogen-bond donors (Lipinski definition) is 2. The first-order valence-corrected chi connectivity index (χ1v) is 10.5. The Kier molecular flexibility index (Phi) is 7.91. The maximum atomic E-state index is 14.9. The molecular weight excluding hydrogens is 398 g/mol. The summed E-state index contributed by atoms with van der Waals surface area (Å²) in [5, 5.41) is 21.5. The summed E-state index contributed by atoms with van der Waals surface area (Å²) in [4.78, 5) is 12.8. The normalized spacial score (nSPS) is 11.3. The molecule has 166 valence electrons. The molecule has 0 radical (unpaired) electrons. The number of rotatable bonds is 7. The third-order valence-corrected chi connectivity index (χ3v) is 5.40. The van der Waals surface area contributed by atoms with E-state index in [1.807, 2.05) is 47.6 Å². The van der Waals surface area contributed by atoms with E-state index in [0.29, 0.717) is 22.3 Å². The van der Waals surface area contributed by atoms with Gasteiger partial charge in [0, 0.05) is 0 Å². The summed E-state index contributed by atoms with van der Waals surface area (Å²) in [6.07, 6.45) is -0.149. The van der Waals surface area contributed by atoms with Crippen LogP contribution < -0.4 is 5.32 Å². The van der Waals surface area contributed by atoms with Crippen molar-refractivity contribution >= 4 is 11.6 Å². The minimum Gasteiger partial charge on any atom is -0.392 e. The molecule has 0 spiro atoms. The van der Waals surface area contributed by atoms with E-state index in [1.54, 1.807) is 0 Å². The van der Waals surface area contributed by atoms with E-state index < -0.39 is 17.5 Å². The molecule has 0 saturated carbocycles. The average molecular weight is 429 g/mol. The molecule has 2 aromatic carbocycles. The van der Waals surface area contributed by atoms with Crippen molar-refractivity contribution in [3.8, 4) is 6.07 Å². The van der Waals surface area contributed by atoms with Crippen molar-refractivity contribution in [3.63, 3.8) is 0 Å². The summed E-state index contributed by atoms with van der Waals surface area (Å²) in [7, 11) is 0. The molecule has 4 nitrogen and oxygen atoms in total. The van der Waals surface area contributed by atoms with Crippen LogP contribution >= 0.6 is 0 Å². The molecule has 1 amide bonds. The minimum absolute atomic E-state index is 0.0187. The van der Waals surface area contributed by atoms with Gasteiger partial charge in [0.1, 0.15) is 17.7 Å². The molecule has 0 atom stereocenters. The molecule has 2 rings (SSSR count). The van der Waals surface area contributed by atoms with E-state index in [-0.39, 0.29) is 42.0 Å². The summed E-state index contributed by atoms with van der Waals surface area (Å²) in [5.41, 5.74) is 2.75. The number of carbonyl (C=O) groups is 1. The van der Waals surface area contributed by atoms with Gasteiger partial charge in [-0.05, 0) is 63.8 Å². The van der Waals surface area contributed by atoms with Crippen LogP contribution in [0.2, 0.25) is 0 Å². The number of benzene rings is 2. The summed E-state index contributed by atoms with van der Waals surface area (Å²) in [6, 6.07) is 6.15. The highest BCUT2D eigenvalue weighted by Gasteiger charge is 2.24. The van der Waals surface area contributed by atoms with Gasteiger partial charge in [0.15, 0.2) is 0 Å². The van der Waals surface area contributed by atoms with Crippen LogP contribution in [0.4, 0.5) is 14.5 Å². The lowest BCUT2D eigenvalue weighted by atomic mass is 9.84. The zero-order chi connectivity index (χ0) is 23.5. The monoisotopic (exact) mass is 428 g/mol. The zero-order valence-corrected chi connectivity index (χ0v) is 18.9. The van der Waals surface area contributed by atoms with Crippen LogP contribution in [-0.4, -0.2) is 11.0 Å². The minimum atomic E-state index is -0.611. The molecule has 0 aliphatic rings. The van der Waals surface area contributed by atoms with Gasteiger partial charge in [-0.15, -0.1) is 0 Å². The summed E-state index contributed by atoms with van der Waals surface area (Å²) >= 11 is 0. The topological polar surface area (TPSA) is 73.1 Å². The molecule has 2 aromatic rings. The Morgan fingerprint density at radius 3 is 2.13 bits per heavy atom. The Hall–Kier alpha value is -2.78. The summed E-state index contributed by atoms with van der Waals surface area (Å²) in [6.45, 7) is 11.0. The second-order valence-corrected chi connectivity index (χ2v) is 8.71. The van der Waals surface area contributed by atoms with E-state index >= 15 is 0 Å². The third-order valence-electron chi connectivity index (χ3n) is 5.40. The van der Waals surface area contributed by atoms with Crippen molar-refractivity contribution in [1.82, 2.24) is 0 Å². The Labute approximate surface area is 182 Å². The van der Waals surface area contributed by atoms with Gasteiger partial charge in [-0.3, -0.25) is 4.79 Å². The fraction of sp³-hybridized carbons (Fsp3) is 0.440. The highest BCUT2D eigenvalue weighted by Crippen LogP contribution is 2.33.